The third-order valence-electron chi connectivity index (χ3n) is 5.20. The van der Waals surface area contributed by atoms with E-state index in [1.807, 2.05) is 0 Å². The summed E-state index contributed by atoms with van der Waals surface area (Å²) >= 11 is 0. The molecule has 0 aromatic carbocycles. The summed E-state index contributed by atoms with van der Waals surface area (Å²) in [6, 6.07) is -0.0480. The number of allylic oxidation sites excluding steroid dienone is 2. The van der Waals surface area contributed by atoms with Crippen molar-refractivity contribution in [3.8, 4) is 0 Å². The van der Waals surface area contributed by atoms with E-state index in [1.54, 1.807) is 0 Å². The summed E-state index contributed by atoms with van der Waals surface area (Å²) in [6.45, 7) is 2.91. The molecule has 0 spiro atoms. The van der Waals surface area contributed by atoms with Crippen LogP contribution in [0, 0.1) is 5.92 Å². The van der Waals surface area contributed by atoms with Gasteiger partial charge in [-0.15, -0.1) is 0 Å². The fourth-order valence-corrected chi connectivity index (χ4v) is 3.29. The van der Waals surface area contributed by atoms with Crippen LogP contribution in [-0.2, 0) is 0 Å². The second-order valence-corrected chi connectivity index (χ2v) is 7.57. The van der Waals surface area contributed by atoms with Crippen molar-refractivity contribution >= 4 is 0 Å². The van der Waals surface area contributed by atoms with Gasteiger partial charge < -0.3 is 16.6 Å². The maximum Gasteiger partial charge on any atom is 0.0474 e. The molecule has 150 valence electrons. The number of unbranched alkanes of at least 4 members (excludes halogenated alkanes) is 12. The van der Waals surface area contributed by atoms with Crippen LogP contribution in [0.15, 0.2) is 12.2 Å². The summed E-state index contributed by atoms with van der Waals surface area (Å²) in [4.78, 5) is 0. The molecule has 0 aliphatic carbocycles. The van der Waals surface area contributed by atoms with Crippen molar-refractivity contribution in [1.29, 1.82) is 0 Å². The van der Waals surface area contributed by atoms with Crippen LogP contribution < -0.4 is 11.5 Å². The molecule has 2 atom stereocenters. The minimum atomic E-state index is -0.0480. The quantitative estimate of drug-likeness (QED) is 0.217. The third-order valence-corrected chi connectivity index (χ3v) is 5.20. The lowest BCUT2D eigenvalue weighted by Gasteiger charge is -2.20. The predicted octanol–water partition coefficient (Wildman–Crippen LogP) is 5.31. The fraction of sp³-hybridized carbons (Fsp3) is 0.909. The molecule has 0 aromatic rings. The van der Waals surface area contributed by atoms with Gasteiger partial charge in [0.15, 0.2) is 0 Å². The van der Waals surface area contributed by atoms with Gasteiger partial charge >= 0.3 is 0 Å². The highest BCUT2D eigenvalue weighted by Crippen LogP contribution is 2.14. The molecule has 2 unspecified atom stereocenters. The van der Waals surface area contributed by atoms with Crippen molar-refractivity contribution in [2.45, 2.75) is 109 Å². The zero-order chi connectivity index (χ0) is 18.6. The minimum absolute atomic E-state index is 0.0480. The summed E-state index contributed by atoms with van der Waals surface area (Å²) in [5.41, 5.74) is 11.5. The van der Waals surface area contributed by atoms with E-state index in [0.717, 1.165) is 12.8 Å². The number of hydrogen-bond acceptors (Lipinski definition) is 3. The first-order valence-corrected chi connectivity index (χ1v) is 11.0. The van der Waals surface area contributed by atoms with Crippen LogP contribution in [0.1, 0.15) is 103 Å². The van der Waals surface area contributed by atoms with Gasteiger partial charge in [-0.25, -0.2) is 0 Å². The molecule has 3 heteroatoms. The lowest BCUT2D eigenvalue weighted by Crippen LogP contribution is -2.39. The van der Waals surface area contributed by atoms with Crippen LogP contribution in [0.25, 0.3) is 0 Å². The molecule has 0 radical (unpaired) electrons. The highest BCUT2D eigenvalue weighted by atomic mass is 16.3. The van der Waals surface area contributed by atoms with Crippen LogP contribution >= 0.6 is 0 Å². The zero-order valence-electron chi connectivity index (χ0n) is 16.9. The molecule has 0 aliphatic rings. The van der Waals surface area contributed by atoms with Gasteiger partial charge in [-0.05, 0) is 38.0 Å². The summed E-state index contributed by atoms with van der Waals surface area (Å²) < 4.78 is 0. The highest BCUT2D eigenvalue weighted by molar-refractivity contribution is 4.81. The second-order valence-electron chi connectivity index (χ2n) is 7.57. The smallest absolute Gasteiger partial charge is 0.0474 e. The van der Waals surface area contributed by atoms with Crippen molar-refractivity contribution in [2.24, 2.45) is 17.4 Å². The van der Waals surface area contributed by atoms with E-state index in [9.17, 15) is 5.11 Å². The molecule has 3 nitrogen and oxygen atoms in total. The van der Waals surface area contributed by atoms with Crippen molar-refractivity contribution in [1.82, 2.24) is 0 Å². The molecule has 5 N–H and O–H groups in total. The summed E-state index contributed by atoms with van der Waals surface area (Å²) in [6.07, 6.45) is 24.3. The molecule has 0 fully saturated rings. The van der Waals surface area contributed by atoms with Crippen LogP contribution in [0.5, 0.6) is 0 Å². The van der Waals surface area contributed by atoms with Crippen LogP contribution in [0.4, 0.5) is 0 Å². The number of aliphatic hydroxyl groups is 1. The van der Waals surface area contributed by atoms with Crippen LogP contribution in [0.3, 0.4) is 0 Å². The lowest BCUT2D eigenvalue weighted by molar-refractivity contribution is 0.194. The average Bonchev–Trinajstić information content (AvgIpc) is 2.64. The topological polar surface area (TPSA) is 72.3 Å². The molecular weight excluding hydrogens is 308 g/mol. The second kappa shape index (κ2) is 19.9. The fourth-order valence-electron chi connectivity index (χ4n) is 3.29. The number of aliphatic hydroxyl groups excluding tert-OH is 1. The van der Waals surface area contributed by atoms with Gasteiger partial charge in [0.2, 0.25) is 0 Å². The van der Waals surface area contributed by atoms with Gasteiger partial charge in [0.1, 0.15) is 0 Å². The van der Waals surface area contributed by atoms with Gasteiger partial charge in [0.05, 0.1) is 0 Å². The monoisotopic (exact) mass is 354 g/mol. The first-order valence-electron chi connectivity index (χ1n) is 11.0. The zero-order valence-corrected chi connectivity index (χ0v) is 16.9. The van der Waals surface area contributed by atoms with E-state index in [2.05, 4.69) is 19.1 Å². The Balaban J connectivity index is 3.26. The molecule has 0 bridgehead atoms. The average molecular weight is 355 g/mol. The maximum atomic E-state index is 9.31. The molecule has 0 rings (SSSR count). The van der Waals surface area contributed by atoms with E-state index in [-0.39, 0.29) is 18.6 Å². The van der Waals surface area contributed by atoms with Gasteiger partial charge in [-0.2, -0.15) is 0 Å². The Morgan fingerprint density at radius 3 is 1.72 bits per heavy atom. The van der Waals surface area contributed by atoms with Gasteiger partial charge in [0.25, 0.3) is 0 Å². The molecule has 0 saturated carbocycles. The van der Waals surface area contributed by atoms with Crippen molar-refractivity contribution < 1.29 is 5.11 Å². The molecule has 0 heterocycles. The van der Waals surface area contributed by atoms with Gasteiger partial charge in [-0.3, -0.25) is 0 Å². The van der Waals surface area contributed by atoms with Crippen LogP contribution in [-0.4, -0.2) is 24.3 Å². The molecule has 0 saturated heterocycles. The summed E-state index contributed by atoms with van der Waals surface area (Å²) in [7, 11) is 0. The van der Waals surface area contributed by atoms with Crippen LogP contribution in [0.2, 0.25) is 0 Å². The van der Waals surface area contributed by atoms with E-state index in [0.29, 0.717) is 6.54 Å². The van der Waals surface area contributed by atoms with Crippen molar-refractivity contribution in [2.75, 3.05) is 13.2 Å². The minimum Gasteiger partial charge on any atom is -0.396 e. The normalized spacial score (nSPS) is 14.2. The molecule has 0 amide bonds. The van der Waals surface area contributed by atoms with Gasteiger partial charge in [-0.1, -0.05) is 83.3 Å². The Kier molecular flexibility index (Phi) is 19.6. The van der Waals surface area contributed by atoms with Gasteiger partial charge in [0, 0.05) is 19.2 Å². The Hall–Kier alpha value is -0.380. The molecule has 0 aromatic heterocycles. The van der Waals surface area contributed by atoms with E-state index in [1.165, 1.54) is 83.5 Å². The summed E-state index contributed by atoms with van der Waals surface area (Å²) in [5, 5.41) is 9.31. The maximum absolute atomic E-state index is 9.31. The number of hydrogen-bond donors (Lipinski definition) is 3. The molecule has 0 aliphatic heterocycles. The lowest BCUT2D eigenvalue weighted by atomic mass is 9.94. The van der Waals surface area contributed by atoms with E-state index < -0.39 is 0 Å². The summed E-state index contributed by atoms with van der Waals surface area (Å²) in [5.74, 6) is 0.182. The number of nitrogens with two attached hydrogens (primary N) is 2. The Labute approximate surface area is 157 Å². The highest BCUT2D eigenvalue weighted by Gasteiger charge is 2.14. The standard InChI is InChI=1S/C22H46N2O/c1-2-3-4-5-6-7-8-9-10-11-12-13-14-15-16-17-18-21(20-25)22(24)19-23/h9-10,21-22,25H,2-8,11-20,23-24H2,1H3. The molecule has 25 heavy (non-hydrogen) atoms. The third kappa shape index (κ3) is 16.8. The first-order chi connectivity index (χ1) is 12.3. The Morgan fingerprint density at radius 2 is 1.24 bits per heavy atom. The van der Waals surface area contributed by atoms with E-state index >= 15 is 0 Å². The van der Waals surface area contributed by atoms with Crippen molar-refractivity contribution in [3.05, 3.63) is 12.2 Å². The first kappa shape index (κ1) is 24.6. The SMILES string of the molecule is CCCCCCCCC=CCCCCCCCCC(CO)C(N)CN. The number of rotatable bonds is 19. The Morgan fingerprint density at radius 1 is 0.760 bits per heavy atom. The van der Waals surface area contributed by atoms with E-state index in [4.69, 9.17) is 11.5 Å². The largest absolute Gasteiger partial charge is 0.396 e. The van der Waals surface area contributed by atoms with Crippen molar-refractivity contribution in [3.63, 3.8) is 0 Å². The molecular formula is C22H46N2O. The predicted molar refractivity (Wildman–Crippen MR) is 112 cm³/mol. The Bertz CT molecular complexity index is 281.